The monoisotopic (exact) mass is 195 g/mol. The van der Waals surface area contributed by atoms with E-state index in [2.05, 4.69) is 32.6 Å². The van der Waals surface area contributed by atoms with Gasteiger partial charge in [0.2, 0.25) is 0 Å². The lowest BCUT2D eigenvalue weighted by atomic mass is 9.87. The first-order valence-corrected chi connectivity index (χ1v) is 6.37. The van der Waals surface area contributed by atoms with E-state index >= 15 is 0 Å². The van der Waals surface area contributed by atoms with Crippen LogP contribution < -0.4 is 0 Å². The van der Waals surface area contributed by atoms with E-state index in [1.54, 1.807) is 0 Å². The zero-order valence-corrected chi connectivity index (χ0v) is 10.2. The maximum absolute atomic E-state index is 2.74. The molecule has 2 aliphatic rings. The molecule has 1 saturated carbocycles. The second-order valence-corrected chi connectivity index (χ2v) is 5.86. The van der Waals surface area contributed by atoms with Crippen LogP contribution in [0.15, 0.2) is 0 Å². The highest BCUT2D eigenvalue weighted by Crippen LogP contribution is 2.46. The third-order valence-corrected chi connectivity index (χ3v) is 4.12. The van der Waals surface area contributed by atoms with Gasteiger partial charge in [0, 0.05) is 12.1 Å². The van der Waals surface area contributed by atoms with Crippen molar-refractivity contribution in [1.82, 2.24) is 4.90 Å². The number of hydrogen-bond donors (Lipinski definition) is 0. The van der Waals surface area contributed by atoms with Crippen molar-refractivity contribution in [1.29, 1.82) is 0 Å². The average Bonchev–Trinajstić information content (AvgIpc) is 2.83. The van der Waals surface area contributed by atoms with E-state index in [1.807, 2.05) is 0 Å². The molecule has 0 aromatic heterocycles. The summed E-state index contributed by atoms with van der Waals surface area (Å²) >= 11 is 0. The van der Waals surface area contributed by atoms with Crippen molar-refractivity contribution in [2.24, 2.45) is 17.8 Å². The van der Waals surface area contributed by atoms with Gasteiger partial charge in [-0.05, 0) is 57.4 Å². The first-order chi connectivity index (χ1) is 6.61. The van der Waals surface area contributed by atoms with Crippen molar-refractivity contribution in [3.05, 3.63) is 0 Å². The summed E-state index contributed by atoms with van der Waals surface area (Å²) in [5.74, 6) is 2.95. The third kappa shape index (κ3) is 1.84. The summed E-state index contributed by atoms with van der Waals surface area (Å²) in [5.41, 5.74) is 0. The Bertz CT molecular complexity index is 183. The van der Waals surface area contributed by atoms with Crippen molar-refractivity contribution in [2.75, 3.05) is 6.54 Å². The highest BCUT2D eigenvalue weighted by Gasteiger charge is 2.44. The highest BCUT2D eigenvalue weighted by molar-refractivity contribution is 4.97. The fourth-order valence-corrected chi connectivity index (χ4v) is 3.38. The van der Waals surface area contributed by atoms with Gasteiger partial charge in [0.1, 0.15) is 0 Å². The predicted molar refractivity (Wildman–Crippen MR) is 61.3 cm³/mol. The SMILES string of the molecule is CC(C)[C@@H]1C(C2CC2)CCN1C(C)C. The second kappa shape index (κ2) is 3.84. The molecule has 0 radical (unpaired) electrons. The summed E-state index contributed by atoms with van der Waals surface area (Å²) in [6, 6.07) is 1.62. The maximum Gasteiger partial charge on any atom is 0.0152 e. The number of hydrogen-bond acceptors (Lipinski definition) is 1. The van der Waals surface area contributed by atoms with Crippen LogP contribution in [0.2, 0.25) is 0 Å². The number of nitrogens with zero attached hydrogens (tertiary/aromatic N) is 1. The minimum atomic E-state index is 0.742. The van der Waals surface area contributed by atoms with Gasteiger partial charge in [-0.25, -0.2) is 0 Å². The minimum absolute atomic E-state index is 0.742. The van der Waals surface area contributed by atoms with E-state index in [9.17, 15) is 0 Å². The van der Waals surface area contributed by atoms with Gasteiger partial charge in [0.05, 0.1) is 0 Å². The van der Waals surface area contributed by atoms with Gasteiger partial charge in [-0.1, -0.05) is 13.8 Å². The van der Waals surface area contributed by atoms with Crippen molar-refractivity contribution in [2.45, 2.75) is 59.0 Å². The van der Waals surface area contributed by atoms with Crippen molar-refractivity contribution >= 4 is 0 Å². The molecule has 1 heteroatoms. The smallest absolute Gasteiger partial charge is 0.0152 e. The van der Waals surface area contributed by atoms with E-state index < -0.39 is 0 Å². The van der Waals surface area contributed by atoms with E-state index in [0.717, 1.165) is 29.8 Å². The molecule has 0 bridgehead atoms. The molecule has 2 atom stereocenters. The zero-order valence-electron chi connectivity index (χ0n) is 10.2. The molecular weight excluding hydrogens is 170 g/mol. The lowest BCUT2D eigenvalue weighted by molar-refractivity contribution is 0.134. The van der Waals surface area contributed by atoms with Crippen molar-refractivity contribution < 1.29 is 0 Å². The minimum Gasteiger partial charge on any atom is -0.297 e. The summed E-state index contributed by atoms with van der Waals surface area (Å²) < 4.78 is 0. The summed E-state index contributed by atoms with van der Waals surface area (Å²) in [7, 11) is 0. The van der Waals surface area contributed by atoms with Crippen LogP contribution >= 0.6 is 0 Å². The Hall–Kier alpha value is -0.0400. The molecule has 0 N–H and O–H groups in total. The van der Waals surface area contributed by atoms with E-state index in [-0.39, 0.29) is 0 Å². The van der Waals surface area contributed by atoms with E-state index in [4.69, 9.17) is 0 Å². The van der Waals surface area contributed by atoms with E-state index in [0.29, 0.717) is 0 Å². The van der Waals surface area contributed by atoms with Crippen LogP contribution in [-0.2, 0) is 0 Å². The molecule has 1 heterocycles. The molecule has 2 rings (SSSR count). The molecule has 2 fully saturated rings. The summed E-state index contributed by atoms with van der Waals surface area (Å²) in [5, 5.41) is 0. The molecule has 0 aromatic carbocycles. The summed E-state index contributed by atoms with van der Waals surface area (Å²) in [4.78, 5) is 2.74. The third-order valence-electron chi connectivity index (χ3n) is 4.12. The fraction of sp³-hybridized carbons (Fsp3) is 1.00. The van der Waals surface area contributed by atoms with Crippen LogP contribution in [0.4, 0.5) is 0 Å². The Morgan fingerprint density at radius 1 is 1.00 bits per heavy atom. The molecule has 1 nitrogen and oxygen atoms in total. The highest BCUT2D eigenvalue weighted by atomic mass is 15.2. The molecule has 0 amide bonds. The summed E-state index contributed by atoms with van der Waals surface area (Å²) in [6.07, 6.45) is 4.49. The lowest BCUT2D eigenvalue weighted by Crippen LogP contribution is -2.41. The predicted octanol–water partition coefficient (Wildman–Crippen LogP) is 3.15. The quantitative estimate of drug-likeness (QED) is 0.668. The Kier molecular flexibility index (Phi) is 2.88. The molecule has 14 heavy (non-hydrogen) atoms. The van der Waals surface area contributed by atoms with Crippen LogP contribution in [0.5, 0.6) is 0 Å². The second-order valence-electron chi connectivity index (χ2n) is 5.86. The van der Waals surface area contributed by atoms with Gasteiger partial charge in [-0.3, -0.25) is 4.90 Å². The normalized spacial score (nSPS) is 34.7. The van der Waals surface area contributed by atoms with Gasteiger partial charge in [-0.15, -0.1) is 0 Å². The van der Waals surface area contributed by atoms with Gasteiger partial charge < -0.3 is 0 Å². The van der Waals surface area contributed by atoms with Crippen LogP contribution in [0.1, 0.15) is 47.0 Å². The molecule has 1 aliphatic carbocycles. The van der Waals surface area contributed by atoms with Crippen LogP contribution in [-0.4, -0.2) is 23.5 Å². The molecule has 1 unspecified atom stereocenters. The van der Waals surface area contributed by atoms with Crippen molar-refractivity contribution in [3.63, 3.8) is 0 Å². The number of likely N-dealkylation sites (tertiary alicyclic amines) is 1. The van der Waals surface area contributed by atoms with Gasteiger partial charge in [-0.2, -0.15) is 0 Å². The van der Waals surface area contributed by atoms with Crippen LogP contribution in [0.3, 0.4) is 0 Å². The Morgan fingerprint density at radius 3 is 2.07 bits per heavy atom. The maximum atomic E-state index is 2.74. The molecule has 0 spiro atoms. The molecule has 1 saturated heterocycles. The number of rotatable bonds is 3. The largest absolute Gasteiger partial charge is 0.297 e. The molecule has 1 aliphatic heterocycles. The van der Waals surface area contributed by atoms with Crippen molar-refractivity contribution in [3.8, 4) is 0 Å². The van der Waals surface area contributed by atoms with Crippen LogP contribution in [0, 0.1) is 17.8 Å². The molecule has 82 valence electrons. The molecular formula is C13H25N. The van der Waals surface area contributed by atoms with Gasteiger partial charge >= 0.3 is 0 Å². The first kappa shape index (κ1) is 10.5. The Balaban J connectivity index is 2.06. The molecule has 0 aromatic rings. The van der Waals surface area contributed by atoms with Gasteiger partial charge in [0.15, 0.2) is 0 Å². The average molecular weight is 195 g/mol. The zero-order chi connectivity index (χ0) is 10.3. The lowest BCUT2D eigenvalue weighted by Gasteiger charge is -2.34. The standard InChI is InChI=1S/C13H25N/c1-9(2)13-12(11-5-6-11)7-8-14(13)10(3)4/h9-13H,5-8H2,1-4H3/t12?,13-/m1/s1. The van der Waals surface area contributed by atoms with Gasteiger partial charge in [0.25, 0.3) is 0 Å². The van der Waals surface area contributed by atoms with E-state index in [1.165, 1.54) is 25.8 Å². The Labute approximate surface area is 88.9 Å². The topological polar surface area (TPSA) is 3.24 Å². The van der Waals surface area contributed by atoms with Crippen LogP contribution in [0.25, 0.3) is 0 Å². The summed E-state index contributed by atoms with van der Waals surface area (Å²) in [6.45, 7) is 10.9. The fourth-order valence-electron chi connectivity index (χ4n) is 3.38. The Morgan fingerprint density at radius 2 is 1.64 bits per heavy atom. The first-order valence-electron chi connectivity index (χ1n) is 6.37.